The van der Waals surface area contributed by atoms with Gasteiger partial charge in [-0.1, -0.05) is 0 Å². The van der Waals surface area contributed by atoms with Crippen molar-refractivity contribution in [3.63, 3.8) is 0 Å². The predicted octanol–water partition coefficient (Wildman–Crippen LogP) is 3.46. The predicted molar refractivity (Wildman–Crippen MR) is 93.8 cm³/mol. The second-order valence-electron chi connectivity index (χ2n) is 7.30. The number of aliphatic hydroxyl groups excluding tert-OH is 1. The van der Waals surface area contributed by atoms with Gasteiger partial charge in [0, 0.05) is 29.8 Å². The van der Waals surface area contributed by atoms with Gasteiger partial charge in [-0.05, 0) is 46.6 Å². The molecular formula is C17H25ClN2O4. The maximum absolute atomic E-state index is 11.1. The third kappa shape index (κ3) is 2.98. The highest BCUT2D eigenvalue weighted by molar-refractivity contribution is 5.85. The maximum Gasteiger partial charge on any atom is 0.270 e. The Labute approximate surface area is 148 Å². The Morgan fingerprint density at radius 1 is 1.29 bits per heavy atom. The standard InChI is InChI=1S/C17H24N2O4.ClH/c1-10-5-6-11(2)18(10)15-13-9-12(19(21)22)7-8-14(13)23-17(3,4)16(15)20;/h7-11,15-16,20H,5-6H2,1-4H3;1H/t10?,11?,15-,16+;/m1./s1. The highest BCUT2D eigenvalue weighted by atomic mass is 35.5. The van der Waals surface area contributed by atoms with Gasteiger partial charge in [-0.15, -0.1) is 12.4 Å². The molecule has 0 aromatic heterocycles. The number of halogens is 1. The van der Waals surface area contributed by atoms with Crippen LogP contribution in [0.15, 0.2) is 18.2 Å². The molecule has 0 radical (unpaired) electrons. The summed E-state index contributed by atoms with van der Waals surface area (Å²) in [6, 6.07) is 5.02. The van der Waals surface area contributed by atoms with Crippen LogP contribution in [0.3, 0.4) is 0 Å². The van der Waals surface area contributed by atoms with Gasteiger partial charge in [0.25, 0.3) is 5.69 Å². The van der Waals surface area contributed by atoms with E-state index in [1.54, 1.807) is 12.1 Å². The fourth-order valence-corrected chi connectivity index (χ4v) is 3.95. The monoisotopic (exact) mass is 356 g/mol. The molecule has 0 amide bonds. The minimum atomic E-state index is -0.750. The van der Waals surface area contributed by atoms with E-state index in [4.69, 9.17) is 4.74 Å². The summed E-state index contributed by atoms with van der Waals surface area (Å²) >= 11 is 0. The molecule has 6 nitrogen and oxygen atoms in total. The summed E-state index contributed by atoms with van der Waals surface area (Å²) in [4.78, 5) is 13.0. The molecule has 0 aliphatic carbocycles. The Morgan fingerprint density at radius 3 is 2.42 bits per heavy atom. The van der Waals surface area contributed by atoms with Gasteiger partial charge in [0.1, 0.15) is 17.5 Å². The van der Waals surface area contributed by atoms with Gasteiger partial charge < -0.3 is 9.84 Å². The Balaban J connectivity index is 0.00000208. The SMILES string of the molecule is CC1CCC(C)N1[C@@H]1c2cc([N+](=O)[O-])ccc2OC(C)(C)[C@H]1O.Cl. The van der Waals surface area contributed by atoms with E-state index in [1.807, 2.05) is 13.8 Å². The van der Waals surface area contributed by atoms with Crippen molar-refractivity contribution in [2.75, 3.05) is 0 Å². The molecule has 1 aromatic rings. The fraction of sp³-hybridized carbons (Fsp3) is 0.647. The quantitative estimate of drug-likeness (QED) is 0.648. The number of hydrogen-bond acceptors (Lipinski definition) is 5. The molecule has 2 unspecified atom stereocenters. The Morgan fingerprint density at radius 2 is 1.88 bits per heavy atom. The number of rotatable bonds is 2. The molecule has 2 aliphatic heterocycles. The molecule has 1 saturated heterocycles. The zero-order valence-electron chi connectivity index (χ0n) is 14.4. The number of nitro groups is 1. The molecule has 2 heterocycles. The van der Waals surface area contributed by atoms with Crippen molar-refractivity contribution in [3.05, 3.63) is 33.9 Å². The molecule has 4 atom stereocenters. The fourth-order valence-electron chi connectivity index (χ4n) is 3.95. The summed E-state index contributed by atoms with van der Waals surface area (Å²) in [5.41, 5.74) is 0.00548. The van der Waals surface area contributed by atoms with Crippen LogP contribution in [0.1, 0.15) is 52.1 Å². The first kappa shape index (κ1) is 19.0. The van der Waals surface area contributed by atoms with Gasteiger partial charge in [-0.25, -0.2) is 0 Å². The summed E-state index contributed by atoms with van der Waals surface area (Å²) in [6.45, 7) is 8.02. The van der Waals surface area contributed by atoms with Crippen molar-refractivity contribution in [2.24, 2.45) is 0 Å². The average Bonchev–Trinajstić information content (AvgIpc) is 2.79. The molecule has 3 rings (SSSR count). The van der Waals surface area contributed by atoms with E-state index in [0.29, 0.717) is 23.4 Å². The summed E-state index contributed by atoms with van der Waals surface area (Å²) in [5, 5.41) is 22.1. The number of fused-ring (bicyclic) bond motifs is 1. The Hall–Kier alpha value is -1.37. The second-order valence-corrected chi connectivity index (χ2v) is 7.30. The second kappa shape index (κ2) is 6.50. The summed E-state index contributed by atoms with van der Waals surface area (Å²) in [6.07, 6.45) is 1.38. The van der Waals surface area contributed by atoms with Crippen LogP contribution >= 0.6 is 12.4 Å². The lowest BCUT2D eigenvalue weighted by atomic mass is 9.84. The van der Waals surface area contributed by atoms with E-state index < -0.39 is 16.6 Å². The highest BCUT2D eigenvalue weighted by Crippen LogP contribution is 2.47. The van der Waals surface area contributed by atoms with Gasteiger partial charge in [0.15, 0.2) is 0 Å². The molecule has 1 fully saturated rings. The van der Waals surface area contributed by atoms with Crippen LogP contribution in [0.4, 0.5) is 5.69 Å². The van der Waals surface area contributed by atoms with Crippen molar-refractivity contribution >= 4 is 18.1 Å². The van der Waals surface area contributed by atoms with Gasteiger partial charge in [0.2, 0.25) is 0 Å². The maximum atomic E-state index is 11.1. The number of nitrogens with zero attached hydrogens (tertiary/aromatic N) is 2. The lowest BCUT2D eigenvalue weighted by molar-refractivity contribution is -0.385. The summed E-state index contributed by atoms with van der Waals surface area (Å²) in [7, 11) is 0. The minimum Gasteiger partial charge on any atom is -0.485 e. The van der Waals surface area contributed by atoms with Crippen LogP contribution in [0, 0.1) is 10.1 Å². The van der Waals surface area contributed by atoms with Crippen LogP contribution < -0.4 is 4.74 Å². The number of hydrogen-bond donors (Lipinski definition) is 1. The lowest BCUT2D eigenvalue weighted by Crippen LogP contribution is -2.55. The molecule has 7 heteroatoms. The van der Waals surface area contributed by atoms with Crippen LogP contribution in [0.25, 0.3) is 0 Å². The first-order chi connectivity index (χ1) is 10.7. The Kier molecular flexibility index (Phi) is 5.14. The molecule has 0 bridgehead atoms. The van der Waals surface area contributed by atoms with E-state index in [2.05, 4.69) is 18.7 Å². The first-order valence-electron chi connectivity index (χ1n) is 8.15. The van der Waals surface area contributed by atoms with E-state index in [9.17, 15) is 15.2 Å². The van der Waals surface area contributed by atoms with Gasteiger partial charge in [-0.3, -0.25) is 15.0 Å². The molecule has 134 valence electrons. The third-order valence-electron chi connectivity index (χ3n) is 5.25. The van der Waals surface area contributed by atoms with Gasteiger partial charge >= 0.3 is 0 Å². The molecular weight excluding hydrogens is 332 g/mol. The first-order valence-corrected chi connectivity index (χ1v) is 8.15. The summed E-state index contributed by atoms with van der Waals surface area (Å²) < 4.78 is 5.93. The molecule has 2 aliphatic rings. The van der Waals surface area contributed by atoms with E-state index in [-0.39, 0.29) is 24.1 Å². The number of benzene rings is 1. The minimum absolute atomic E-state index is 0. The van der Waals surface area contributed by atoms with E-state index in [1.165, 1.54) is 6.07 Å². The third-order valence-corrected chi connectivity index (χ3v) is 5.25. The summed E-state index contributed by atoms with van der Waals surface area (Å²) in [5.74, 6) is 0.627. The molecule has 1 N–H and O–H groups in total. The number of likely N-dealkylation sites (tertiary alicyclic amines) is 1. The molecule has 1 aromatic carbocycles. The largest absolute Gasteiger partial charge is 0.485 e. The lowest BCUT2D eigenvalue weighted by Gasteiger charge is -2.47. The van der Waals surface area contributed by atoms with Crippen molar-refractivity contribution in [3.8, 4) is 5.75 Å². The van der Waals surface area contributed by atoms with Gasteiger partial charge in [-0.2, -0.15) is 0 Å². The van der Waals surface area contributed by atoms with Crippen molar-refractivity contribution in [2.45, 2.75) is 70.4 Å². The molecule has 0 spiro atoms. The Bertz CT molecular complexity index is 627. The number of non-ortho nitro benzene ring substituents is 1. The number of nitro benzene ring substituents is 1. The van der Waals surface area contributed by atoms with Crippen LogP contribution in [0.5, 0.6) is 5.75 Å². The normalized spacial score (nSPS) is 31.7. The van der Waals surface area contributed by atoms with Crippen molar-refractivity contribution < 1.29 is 14.8 Å². The van der Waals surface area contributed by atoms with Crippen molar-refractivity contribution in [1.29, 1.82) is 0 Å². The van der Waals surface area contributed by atoms with E-state index >= 15 is 0 Å². The topological polar surface area (TPSA) is 75.8 Å². The molecule has 24 heavy (non-hydrogen) atoms. The smallest absolute Gasteiger partial charge is 0.270 e. The average molecular weight is 357 g/mol. The van der Waals surface area contributed by atoms with Crippen molar-refractivity contribution in [1.82, 2.24) is 4.90 Å². The van der Waals surface area contributed by atoms with Gasteiger partial charge in [0.05, 0.1) is 11.0 Å². The van der Waals surface area contributed by atoms with E-state index in [0.717, 1.165) is 12.8 Å². The zero-order chi connectivity index (χ0) is 16.9. The number of aliphatic hydroxyl groups is 1. The highest BCUT2D eigenvalue weighted by Gasteiger charge is 2.49. The molecule has 0 saturated carbocycles. The zero-order valence-corrected chi connectivity index (χ0v) is 15.2. The van der Waals surface area contributed by atoms with Crippen LogP contribution in [-0.4, -0.2) is 38.7 Å². The number of ether oxygens (including phenoxy) is 1. The van der Waals surface area contributed by atoms with Crippen LogP contribution in [-0.2, 0) is 0 Å². The van der Waals surface area contributed by atoms with Crippen LogP contribution in [0.2, 0.25) is 0 Å².